The van der Waals surface area contributed by atoms with Crippen molar-refractivity contribution in [1.29, 1.82) is 0 Å². The molecular weight excluding hydrogens is 307 g/mol. The summed E-state index contributed by atoms with van der Waals surface area (Å²) in [4.78, 5) is 4.36. The fourth-order valence-corrected chi connectivity index (χ4v) is 2.18. The summed E-state index contributed by atoms with van der Waals surface area (Å²) in [6.45, 7) is 4.27. The SMILES string of the molecule is CCCNCc1ccc(OCc2cc(Cl)ccc2Cl)cn1. The molecule has 5 heteroatoms. The minimum absolute atomic E-state index is 0.370. The van der Waals surface area contributed by atoms with E-state index in [1.165, 1.54) is 0 Å². The van der Waals surface area contributed by atoms with Crippen LogP contribution in [0.2, 0.25) is 10.0 Å². The molecule has 0 unspecified atom stereocenters. The highest BCUT2D eigenvalue weighted by molar-refractivity contribution is 6.33. The molecule has 1 aromatic carbocycles. The Bertz CT molecular complexity index is 573. The zero-order chi connectivity index (χ0) is 15.1. The van der Waals surface area contributed by atoms with Gasteiger partial charge in [0.25, 0.3) is 0 Å². The lowest BCUT2D eigenvalue weighted by Crippen LogP contribution is -2.14. The number of ether oxygens (including phenoxy) is 1. The molecule has 0 spiro atoms. The second-order valence-corrected chi connectivity index (χ2v) is 5.53. The average Bonchev–Trinajstić information content (AvgIpc) is 2.50. The van der Waals surface area contributed by atoms with Crippen LogP contribution in [0, 0.1) is 0 Å². The van der Waals surface area contributed by atoms with Gasteiger partial charge in [-0.2, -0.15) is 0 Å². The molecule has 0 fully saturated rings. The van der Waals surface area contributed by atoms with Crippen LogP contribution in [0.25, 0.3) is 0 Å². The van der Waals surface area contributed by atoms with Gasteiger partial charge in [0.05, 0.1) is 11.9 Å². The van der Waals surface area contributed by atoms with Gasteiger partial charge in [-0.15, -0.1) is 0 Å². The molecule has 0 saturated heterocycles. The number of benzene rings is 1. The predicted octanol–water partition coefficient (Wildman–Crippen LogP) is 4.47. The van der Waals surface area contributed by atoms with Crippen molar-refractivity contribution in [2.75, 3.05) is 6.54 Å². The standard InChI is InChI=1S/C16H18Cl2N2O/c1-2-7-19-9-14-4-5-15(10-20-14)21-11-12-8-13(17)3-6-16(12)18/h3-6,8,10,19H,2,7,9,11H2,1H3. The van der Waals surface area contributed by atoms with E-state index < -0.39 is 0 Å². The third-order valence-corrected chi connectivity index (χ3v) is 3.54. The Labute approximate surface area is 135 Å². The molecule has 0 radical (unpaired) electrons. The lowest BCUT2D eigenvalue weighted by Gasteiger charge is -2.09. The molecule has 0 saturated carbocycles. The summed E-state index contributed by atoms with van der Waals surface area (Å²) in [5.41, 5.74) is 1.86. The predicted molar refractivity (Wildman–Crippen MR) is 87.0 cm³/mol. The van der Waals surface area contributed by atoms with Crippen molar-refractivity contribution >= 4 is 23.2 Å². The van der Waals surface area contributed by atoms with Crippen molar-refractivity contribution in [3.8, 4) is 5.75 Å². The number of nitrogens with zero attached hydrogens (tertiary/aromatic N) is 1. The first-order valence-electron chi connectivity index (χ1n) is 6.91. The van der Waals surface area contributed by atoms with Crippen molar-refractivity contribution < 1.29 is 4.74 Å². The average molecular weight is 325 g/mol. The number of nitrogens with one attached hydrogen (secondary N) is 1. The molecule has 0 aliphatic carbocycles. The molecule has 2 rings (SSSR count). The Morgan fingerprint density at radius 2 is 2.05 bits per heavy atom. The van der Waals surface area contributed by atoms with Gasteiger partial charge in [-0.3, -0.25) is 4.98 Å². The van der Waals surface area contributed by atoms with E-state index in [1.807, 2.05) is 12.1 Å². The molecule has 2 aromatic rings. The minimum atomic E-state index is 0.370. The number of hydrogen-bond acceptors (Lipinski definition) is 3. The number of rotatable bonds is 7. The van der Waals surface area contributed by atoms with Gasteiger partial charge in [-0.25, -0.2) is 0 Å². The van der Waals surface area contributed by atoms with Gasteiger partial charge in [0.15, 0.2) is 0 Å². The number of hydrogen-bond donors (Lipinski definition) is 1. The maximum atomic E-state index is 6.10. The highest BCUT2D eigenvalue weighted by Gasteiger charge is 2.03. The van der Waals surface area contributed by atoms with E-state index in [2.05, 4.69) is 17.2 Å². The Morgan fingerprint density at radius 3 is 2.76 bits per heavy atom. The van der Waals surface area contributed by atoms with E-state index >= 15 is 0 Å². The van der Waals surface area contributed by atoms with Gasteiger partial charge in [0.2, 0.25) is 0 Å². The summed E-state index contributed by atoms with van der Waals surface area (Å²) in [7, 11) is 0. The van der Waals surface area contributed by atoms with Crippen molar-refractivity contribution in [2.24, 2.45) is 0 Å². The molecule has 0 amide bonds. The van der Waals surface area contributed by atoms with Crippen LogP contribution in [-0.2, 0) is 13.2 Å². The summed E-state index contributed by atoms with van der Waals surface area (Å²) in [5, 5.41) is 4.60. The lowest BCUT2D eigenvalue weighted by molar-refractivity contribution is 0.305. The summed E-state index contributed by atoms with van der Waals surface area (Å²) in [6, 6.07) is 9.20. The maximum Gasteiger partial charge on any atom is 0.138 e. The first kappa shape index (κ1) is 16.1. The zero-order valence-corrected chi connectivity index (χ0v) is 13.4. The normalized spacial score (nSPS) is 10.6. The minimum Gasteiger partial charge on any atom is -0.487 e. The molecule has 112 valence electrons. The summed E-state index contributed by atoms with van der Waals surface area (Å²) in [5.74, 6) is 0.713. The molecule has 0 aliphatic rings. The van der Waals surface area contributed by atoms with Crippen LogP contribution in [0.5, 0.6) is 5.75 Å². The second-order valence-electron chi connectivity index (χ2n) is 4.69. The second kappa shape index (κ2) is 8.23. The number of pyridine rings is 1. The highest BCUT2D eigenvalue weighted by atomic mass is 35.5. The molecule has 21 heavy (non-hydrogen) atoms. The fraction of sp³-hybridized carbons (Fsp3) is 0.312. The monoisotopic (exact) mass is 324 g/mol. The van der Waals surface area contributed by atoms with Crippen molar-refractivity contribution in [3.63, 3.8) is 0 Å². The van der Waals surface area contributed by atoms with Crippen LogP contribution in [-0.4, -0.2) is 11.5 Å². The van der Waals surface area contributed by atoms with Crippen LogP contribution < -0.4 is 10.1 Å². The summed E-state index contributed by atoms with van der Waals surface area (Å²) >= 11 is 12.0. The Kier molecular flexibility index (Phi) is 6.30. The molecule has 0 bridgehead atoms. The van der Waals surface area contributed by atoms with Crippen molar-refractivity contribution in [3.05, 3.63) is 57.8 Å². The van der Waals surface area contributed by atoms with E-state index in [4.69, 9.17) is 27.9 Å². The van der Waals surface area contributed by atoms with Gasteiger partial charge < -0.3 is 10.1 Å². The van der Waals surface area contributed by atoms with E-state index in [0.29, 0.717) is 22.4 Å². The van der Waals surface area contributed by atoms with E-state index in [-0.39, 0.29) is 0 Å². The zero-order valence-electron chi connectivity index (χ0n) is 11.9. The molecule has 0 atom stereocenters. The van der Waals surface area contributed by atoms with Crippen molar-refractivity contribution in [2.45, 2.75) is 26.5 Å². The van der Waals surface area contributed by atoms with Gasteiger partial charge in [-0.1, -0.05) is 30.1 Å². The third-order valence-electron chi connectivity index (χ3n) is 2.93. The molecule has 0 aliphatic heterocycles. The van der Waals surface area contributed by atoms with Crippen LogP contribution in [0.15, 0.2) is 36.5 Å². The molecular formula is C16H18Cl2N2O. The fourth-order valence-electron chi connectivity index (χ4n) is 1.81. The van der Waals surface area contributed by atoms with Gasteiger partial charge >= 0.3 is 0 Å². The Balaban J connectivity index is 1.90. The van der Waals surface area contributed by atoms with Crippen LogP contribution >= 0.6 is 23.2 Å². The topological polar surface area (TPSA) is 34.1 Å². The van der Waals surface area contributed by atoms with E-state index in [1.54, 1.807) is 24.4 Å². The lowest BCUT2D eigenvalue weighted by atomic mass is 10.2. The summed E-state index contributed by atoms with van der Waals surface area (Å²) in [6.07, 6.45) is 2.84. The number of halogens is 2. The first-order chi connectivity index (χ1) is 10.2. The summed E-state index contributed by atoms with van der Waals surface area (Å²) < 4.78 is 5.68. The quantitative estimate of drug-likeness (QED) is 0.763. The molecule has 1 heterocycles. The highest BCUT2D eigenvalue weighted by Crippen LogP contribution is 2.22. The Morgan fingerprint density at radius 1 is 1.19 bits per heavy atom. The first-order valence-corrected chi connectivity index (χ1v) is 7.67. The number of aromatic nitrogens is 1. The van der Waals surface area contributed by atoms with Gasteiger partial charge in [0.1, 0.15) is 12.4 Å². The van der Waals surface area contributed by atoms with Gasteiger partial charge in [0, 0.05) is 22.2 Å². The van der Waals surface area contributed by atoms with E-state index in [0.717, 1.165) is 30.8 Å². The van der Waals surface area contributed by atoms with Crippen molar-refractivity contribution in [1.82, 2.24) is 10.3 Å². The van der Waals surface area contributed by atoms with E-state index in [9.17, 15) is 0 Å². The smallest absolute Gasteiger partial charge is 0.138 e. The van der Waals surface area contributed by atoms with Crippen LogP contribution in [0.1, 0.15) is 24.6 Å². The maximum absolute atomic E-state index is 6.10. The van der Waals surface area contributed by atoms with Crippen LogP contribution in [0.3, 0.4) is 0 Å². The molecule has 1 aromatic heterocycles. The third kappa shape index (κ3) is 5.20. The molecule has 3 nitrogen and oxygen atoms in total. The Hall–Kier alpha value is -1.29. The van der Waals surface area contributed by atoms with Gasteiger partial charge in [-0.05, 0) is 43.3 Å². The largest absolute Gasteiger partial charge is 0.487 e. The van der Waals surface area contributed by atoms with Crippen LogP contribution in [0.4, 0.5) is 0 Å². The molecule has 1 N–H and O–H groups in total.